The first-order chi connectivity index (χ1) is 7.68. The standard InChI is InChI=1S/C13H17NO2/c1-14-8-7-11(12(9-14)13(15)16)10-5-3-2-4-6-10/h2-6,11-12H,7-9H2,1H3,(H,15,16). The molecule has 0 bridgehead atoms. The van der Waals surface area contributed by atoms with E-state index in [1.807, 2.05) is 37.4 Å². The average molecular weight is 219 g/mol. The molecule has 0 aliphatic carbocycles. The van der Waals surface area contributed by atoms with Crippen molar-refractivity contribution in [2.24, 2.45) is 5.92 Å². The van der Waals surface area contributed by atoms with Crippen molar-refractivity contribution in [3.63, 3.8) is 0 Å². The fourth-order valence-corrected chi connectivity index (χ4v) is 2.46. The predicted molar refractivity (Wildman–Crippen MR) is 62.4 cm³/mol. The summed E-state index contributed by atoms with van der Waals surface area (Å²) in [6.07, 6.45) is 0.928. The minimum atomic E-state index is -0.680. The maximum absolute atomic E-state index is 11.3. The second kappa shape index (κ2) is 4.66. The highest BCUT2D eigenvalue weighted by atomic mass is 16.4. The Morgan fingerprint density at radius 3 is 2.69 bits per heavy atom. The molecular weight excluding hydrogens is 202 g/mol. The zero-order valence-corrected chi connectivity index (χ0v) is 9.47. The van der Waals surface area contributed by atoms with E-state index in [0.717, 1.165) is 18.5 Å². The van der Waals surface area contributed by atoms with Crippen LogP contribution < -0.4 is 0 Å². The molecule has 1 aromatic carbocycles. The van der Waals surface area contributed by atoms with Gasteiger partial charge in [-0.05, 0) is 31.5 Å². The van der Waals surface area contributed by atoms with Crippen LogP contribution in [-0.2, 0) is 4.79 Å². The normalized spacial score (nSPS) is 26.6. The zero-order valence-electron chi connectivity index (χ0n) is 9.47. The van der Waals surface area contributed by atoms with Gasteiger partial charge in [-0.3, -0.25) is 4.79 Å². The molecule has 3 heteroatoms. The molecule has 2 unspecified atom stereocenters. The topological polar surface area (TPSA) is 40.5 Å². The molecule has 2 rings (SSSR count). The average Bonchev–Trinajstić information content (AvgIpc) is 2.30. The highest BCUT2D eigenvalue weighted by molar-refractivity contribution is 5.72. The number of likely N-dealkylation sites (tertiary alicyclic amines) is 1. The molecule has 1 aliphatic rings. The van der Waals surface area contributed by atoms with Gasteiger partial charge in [0.05, 0.1) is 5.92 Å². The molecule has 0 saturated carbocycles. The number of carboxylic acid groups (broad SMARTS) is 1. The lowest BCUT2D eigenvalue weighted by molar-refractivity contribution is -0.144. The van der Waals surface area contributed by atoms with Crippen LogP contribution in [0.5, 0.6) is 0 Å². The summed E-state index contributed by atoms with van der Waals surface area (Å²) in [6.45, 7) is 1.62. The summed E-state index contributed by atoms with van der Waals surface area (Å²) in [4.78, 5) is 13.4. The fraction of sp³-hybridized carbons (Fsp3) is 0.462. The van der Waals surface area contributed by atoms with E-state index in [1.54, 1.807) is 0 Å². The summed E-state index contributed by atoms with van der Waals surface area (Å²) in [7, 11) is 1.98. The maximum Gasteiger partial charge on any atom is 0.308 e. The SMILES string of the molecule is CN1CCC(c2ccccc2)C(C(=O)O)C1. The van der Waals surface area contributed by atoms with Crippen LogP contribution in [0.1, 0.15) is 17.9 Å². The van der Waals surface area contributed by atoms with Crippen LogP contribution in [0.2, 0.25) is 0 Å². The van der Waals surface area contributed by atoms with Gasteiger partial charge in [-0.1, -0.05) is 30.3 Å². The molecule has 0 aromatic heterocycles. The number of hydrogen-bond donors (Lipinski definition) is 1. The maximum atomic E-state index is 11.3. The number of carbonyl (C=O) groups is 1. The second-order valence-electron chi connectivity index (χ2n) is 4.51. The number of hydrogen-bond acceptors (Lipinski definition) is 2. The van der Waals surface area contributed by atoms with Crippen LogP contribution in [0.3, 0.4) is 0 Å². The molecule has 1 saturated heterocycles. The summed E-state index contributed by atoms with van der Waals surface area (Å²) >= 11 is 0. The lowest BCUT2D eigenvalue weighted by Crippen LogP contribution is -2.40. The van der Waals surface area contributed by atoms with Crippen molar-refractivity contribution < 1.29 is 9.90 Å². The molecule has 1 N–H and O–H groups in total. The van der Waals surface area contributed by atoms with E-state index < -0.39 is 5.97 Å². The smallest absolute Gasteiger partial charge is 0.308 e. The van der Waals surface area contributed by atoms with Crippen LogP contribution in [0.4, 0.5) is 0 Å². The fourth-order valence-electron chi connectivity index (χ4n) is 2.46. The number of piperidine rings is 1. The Bertz CT molecular complexity index is 363. The molecule has 0 radical (unpaired) electrons. The molecule has 1 aromatic rings. The highest BCUT2D eigenvalue weighted by Gasteiger charge is 2.33. The monoisotopic (exact) mass is 219 g/mol. The van der Waals surface area contributed by atoms with Crippen molar-refractivity contribution in [3.05, 3.63) is 35.9 Å². The van der Waals surface area contributed by atoms with E-state index in [2.05, 4.69) is 4.90 Å². The van der Waals surface area contributed by atoms with E-state index in [1.165, 1.54) is 0 Å². The molecule has 0 spiro atoms. The van der Waals surface area contributed by atoms with E-state index in [4.69, 9.17) is 0 Å². The van der Waals surface area contributed by atoms with Gasteiger partial charge in [0, 0.05) is 6.54 Å². The van der Waals surface area contributed by atoms with Crippen molar-refractivity contribution in [3.8, 4) is 0 Å². The van der Waals surface area contributed by atoms with Gasteiger partial charge in [0.2, 0.25) is 0 Å². The van der Waals surface area contributed by atoms with E-state index in [9.17, 15) is 9.90 Å². The first-order valence-corrected chi connectivity index (χ1v) is 5.65. The predicted octanol–water partition coefficient (Wildman–Crippen LogP) is 1.81. The third kappa shape index (κ3) is 2.25. The summed E-state index contributed by atoms with van der Waals surface area (Å²) in [6, 6.07) is 9.99. The summed E-state index contributed by atoms with van der Waals surface area (Å²) in [5.41, 5.74) is 1.16. The Morgan fingerprint density at radius 1 is 1.38 bits per heavy atom. The molecule has 0 amide bonds. The van der Waals surface area contributed by atoms with Gasteiger partial charge in [-0.15, -0.1) is 0 Å². The Morgan fingerprint density at radius 2 is 2.06 bits per heavy atom. The quantitative estimate of drug-likeness (QED) is 0.824. The highest BCUT2D eigenvalue weighted by Crippen LogP contribution is 2.32. The Hall–Kier alpha value is -1.35. The third-order valence-electron chi connectivity index (χ3n) is 3.36. The summed E-state index contributed by atoms with van der Waals surface area (Å²) in [5, 5.41) is 9.26. The number of nitrogens with zero attached hydrogens (tertiary/aromatic N) is 1. The first kappa shape index (κ1) is 11.1. The van der Waals surface area contributed by atoms with Gasteiger partial charge in [0.25, 0.3) is 0 Å². The Kier molecular flexibility index (Phi) is 3.25. The van der Waals surface area contributed by atoms with E-state index in [0.29, 0.717) is 6.54 Å². The van der Waals surface area contributed by atoms with Gasteiger partial charge >= 0.3 is 5.97 Å². The van der Waals surface area contributed by atoms with Gasteiger partial charge in [-0.25, -0.2) is 0 Å². The van der Waals surface area contributed by atoms with Crippen molar-refractivity contribution >= 4 is 5.97 Å². The van der Waals surface area contributed by atoms with Crippen molar-refractivity contribution in [2.45, 2.75) is 12.3 Å². The molecular formula is C13H17NO2. The van der Waals surface area contributed by atoms with Gasteiger partial charge in [-0.2, -0.15) is 0 Å². The molecule has 16 heavy (non-hydrogen) atoms. The molecule has 1 aliphatic heterocycles. The van der Waals surface area contributed by atoms with Crippen molar-refractivity contribution in [2.75, 3.05) is 20.1 Å². The Labute approximate surface area is 95.7 Å². The minimum absolute atomic E-state index is 0.162. The van der Waals surface area contributed by atoms with Crippen LogP contribution in [0.25, 0.3) is 0 Å². The summed E-state index contributed by atoms with van der Waals surface area (Å²) < 4.78 is 0. The van der Waals surface area contributed by atoms with Gasteiger partial charge in [0.15, 0.2) is 0 Å². The first-order valence-electron chi connectivity index (χ1n) is 5.65. The van der Waals surface area contributed by atoms with Crippen LogP contribution >= 0.6 is 0 Å². The third-order valence-corrected chi connectivity index (χ3v) is 3.36. The number of rotatable bonds is 2. The molecule has 86 valence electrons. The lowest BCUT2D eigenvalue weighted by atomic mass is 9.80. The van der Waals surface area contributed by atoms with E-state index in [-0.39, 0.29) is 11.8 Å². The number of benzene rings is 1. The van der Waals surface area contributed by atoms with Gasteiger partial charge < -0.3 is 10.0 Å². The lowest BCUT2D eigenvalue weighted by Gasteiger charge is -2.34. The second-order valence-corrected chi connectivity index (χ2v) is 4.51. The Balaban J connectivity index is 2.22. The van der Waals surface area contributed by atoms with Crippen LogP contribution in [0, 0.1) is 5.92 Å². The van der Waals surface area contributed by atoms with Crippen LogP contribution in [0.15, 0.2) is 30.3 Å². The zero-order chi connectivity index (χ0) is 11.5. The van der Waals surface area contributed by atoms with Gasteiger partial charge in [0.1, 0.15) is 0 Å². The van der Waals surface area contributed by atoms with Crippen molar-refractivity contribution in [1.29, 1.82) is 0 Å². The van der Waals surface area contributed by atoms with E-state index >= 15 is 0 Å². The number of aliphatic carboxylic acids is 1. The molecule has 1 heterocycles. The minimum Gasteiger partial charge on any atom is -0.481 e. The molecule has 2 atom stereocenters. The summed E-state index contributed by atoms with van der Waals surface area (Å²) in [5.74, 6) is -0.795. The molecule has 1 fully saturated rings. The van der Waals surface area contributed by atoms with Crippen LogP contribution in [-0.4, -0.2) is 36.1 Å². The molecule has 3 nitrogen and oxygen atoms in total. The largest absolute Gasteiger partial charge is 0.481 e. The van der Waals surface area contributed by atoms with Crippen molar-refractivity contribution in [1.82, 2.24) is 4.90 Å². The number of carboxylic acids is 1.